The molecule has 0 aliphatic carbocycles. The highest BCUT2D eigenvalue weighted by Crippen LogP contribution is 2.16. The third kappa shape index (κ3) is 54.2. The number of Topliss-reactive ketones (excluding diaryl/α,β-unsaturated/α-hetero) is 1. The van der Waals surface area contributed by atoms with Crippen LogP contribution >= 0.6 is 47.0 Å². The molecule has 2 saturated heterocycles. The molecular formula is C66H112N14O38S6. The average Bonchev–Trinajstić information content (AvgIpc) is 1.81. The summed E-state index contributed by atoms with van der Waals surface area (Å²) in [5.74, 6) is -13.5. The Morgan fingerprint density at radius 3 is 1.01 bits per heavy atom. The van der Waals surface area contributed by atoms with Crippen molar-refractivity contribution in [1.82, 2.24) is 62.1 Å². The molecule has 0 aromatic carbocycles. The summed E-state index contributed by atoms with van der Waals surface area (Å²) in [7, 11) is -3.30. The van der Waals surface area contributed by atoms with Gasteiger partial charge in [0, 0.05) is 140 Å². The van der Waals surface area contributed by atoms with Gasteiger partial charge in [-0.1, -0.05) is 0 Å². The van der Waals surface area contributed by atoms with Gasteiger partial charge in [0.15, 0.2) is 23.1 Å². The molecule has 124 heavy (non-hydrogen) atoms. The first-order valence-corrected chi connectivity index (χ1v) is 44.6. The molecule has 52 nitrogen and oxygen atoms in total. The van der Waals surface area contributed by atoms with Crippen LogP contribution in [-0.2, 0) is 137 Å². The molecule has 0 bridgehead atoms. The zero-order valence-corrected chi connectivity index (χ0v) is 72.3. The summed E-state index contributed by atoms with van der Waals surface area (Å²) >= 11 is 3.98. The molecule has 14 atom stereocenters. The fourth-order valence-corrected chi connectivity index (χ4v) is 13.7. The molecule has 58 heteroatoms. The second-order valence-electron chi connectivity index (χ2n) is 25.5. The van der Waals surface area contributed by atoms with Crippen molar-refractivity contribution in [3.8, 4) is 0 Å². The number of carboxylic acid groups (broad SMARTS) is 4. The first-order chi connectivity index (χ1) is 58.6. The summed E-state index contributed by atoms with van der Waals surface area (Å²) in [6.07, 6.45) is -12.3. The fourth-order valence-electron chi connectivity index (χ4n) is 8.54. The summed E-state index contributed by atoms with van der Waals surface area (Å²) < 4.78 is 49.9. The van der Waals surface area contributed by atoms with E-state index in [4.69, 9.17) is 45.7 Å². The van der Waals surface area contributed by atoms with E-state index in [2.05, 4.69) is 61.7 Å². The maximum Gasteiger partial charge on any atom is 0.335 e. The van der Waals surface area contributed by atoms with Crippen molar-refractivity contribution in [1.29, 1.82) is 0 Å². The fraction of sp³-hybridized carbons (Fsp3) is 0.727. The Hall–Kier alpha value is -7.92. The molecule has 0 aromatic rings. The lowest BCUT2D eigenvalue weighted by Gasteiger charge is -2.25. The van der Waals surface area contributed by atoms with Gasteiger partial charge in [0.1, 0.15) is 76.3 Å². The lowest BCUT2D eigenvalue weighted by molar-refractivity contribution is -0.198. The van der Waals surface area contributed by atoms with Gasteiger partial charge in [0.25, 0.3) is 35.4 Å². The number of hydrogen-bond acceptors (Lipinski definition) is 41. The van der Waals surface area contributed by atoms with Gasteiger partial charge in [-0.3, -0.25) is 71.9 Å². The number of hydroxylamine groups is 4. The van der Waals surface area contributed by atoms with Crippen LogP contribution in [0.1, 0.15) is 71.1 Å². The highest BCUT2D eigenvalue weighted by Gasteiger charge is 2.40. The first kappa shape index (κ1) is 116. The van der Waals surface area contributed by atoms with Gasteiger partial charge in [0.05, 0.1) is 62.3 Å². The molecule has 11 amide bonds. The Morgan fingerprint density at radius 2 is 0.694 bits per heavy atom. The maximum absolute atomic E-state index is 12.3. The molecule has 2 fully saturated rings. The lowest BCUT2D eigenvalue weighted by atomic mass is 10.1. The number of thioether (sulfide) groups is 4. The second-order valence-corrected chi connectivity index (χ2v) is 32.4. The van der Waals surface area contributed by atoms with Crippen LogP contribution in [0.25, 0.3) is 0 Å². The van der Waals surface area contributed by atoms with Gasteiger partial charge in [0.2, 0.25) is 29.5 Å². The molecule has 2 rings (SSSR count). The maximum atomic E-state index is 12.3. The average molecular weight is 1900 g/mol. The van der Waals surface area contributed by atoms with Crippen LogP contribution in [0.3, 0.4) is 0 Å². The smallest absolute Gasteiger partial charge is 0.335 e. The van der Waals surface area contributed by atoms with E-state index in [-0.39, 0.29) is 182 Å². The predicted octanol–water partition coefficient (Wildman–Crippen LogP) is -12.8. The molecule has 26 N–H and O–H groups in total. The zero-order valence-electron chi connectivity index (χ0n) is 67.4. The lowest BCUT2D eigenvalue weighted by Crippen LogP contribution is -2.53. The van der Waals surface area contributed by atoms with Gasteiger partial charge in [-0.25, -0.2) is 32.2 Å². The number of carbonyl (C=O) groups is 18. The minimum absolute atomic E-state index is 0.0153. The quantitative estimate of drug-likeness (QED) is 0.0199. The number of carboxylic acids is 4. The molecule has 0 spiro atoms. The van der Waals surface area contributed by atoms with Gasteiger partial charge in [-0.15, -0.1) is 57.2 Å². The van der Waals surface area contributed by atoms with Crippen LogP contribution in [0.2, 0.25) is 0 Å². The molecule has 2 heterocycles. The summed E-state index contributed by atoms with van der Waals surface area (Å²) in [6.45, 7) is 2.17. The standard InChI is InChI=1S/C30H54N6O16S3.C19H36N6O12S3.C17H22N2O10/c1-18(37)4-12-51-10-3-11-52-13-5-21(38)36-20(29(47)48)15-54-17-22(39)32-6-7-34-27(44)25(42)24(41)26(43)30(49)55(50)35-9-8-33-23(40)16-53-14-19(31-2)28(45)46;20-9(17(32)33)5-38-7-11(26)22-1-2-24-16(31)14(29)13(28)15(30)19(36)40(37)25-4-3-23-12(27)8-39-6-10(21)18(34)35;20-12-2-3-13(21)18(12)28-16(24)6-10-26-8-1-9-27-11-7-17(25)29-19-14(22)4-5-15(19)23/h19-20,24-26,30-31,35,41-43,49H,3-17H2,1-2H3,(H,32,39)(H,33,40)(H,34,44)(H,36,38)(H,45,46)(H,47,48);9-10,13-15,19,25,28-30,36H,1-8,20-21H2,(H,22,26)(H,23,27)(H,24,31)(H,32,33)(H,34,35);1-11H2/t19?,20?,24-,25-,26-,30-,55?;9?,10?,13-,14-,15-,19-,40?;/m00./s1. The number of aliphatic carboxylic acids is 4. The van der Waals surface area contributed by atoms with Crippen molar-refractivity contribution in [2.75, 3.05) is 158 Å². The summed E-state index contributed by atoms with van der Waals surface area (Å²) in [6, 6.07) is -4.34. The Balaban J connectivity index is 0.00000192. The van der Waals surface area contributed by atoms with Crippen LogP contribution in [0.5, 0.6) is 0 Å². The minimum atomic E-state index is -2.40. The van der Waals surface area contributed by atoms with Crippen molar-refractivity contribution >= 4 is 176 Å². The van der Waals surface area contributed by atoms with E-state index in [1.54, 1.807) is 0 Å². The normalized spacial score (nSPS) is 15.9. The van der Waals surface area contributed by atoms with Crippen LogP contribution < -0.4 is 63.4 Å². The van der Waals surface area contributed by atoms with Crippen LogP contribution in [0, 0.1) is 0 Å². The van der Waals surface area contributed by atoms with E-state index in [0.717, 1.165) is 47.0 Å². The largest absolute Gasteiger partial charge is 0.480 e. The van der Waals surface area contributed by atoms with E-state index >= 15 is 0 Å². The number of aliphatic hydroxyl groups is 8. The summed E-state index contributed by atoms with van der Waals surface area (Å²) in [5.41, 5.74) is 6.31. The number of likely N-dealkylation sites (N-methyl/N-ethyl adjacent to an activating group) is 1. The number of hydrogen-bond donors (Lipinski definition) is 24. The molecule has 2 aliphatic rings. The Kier molecular flexibility index (Phi) is 63.9. The van der Waals surface area contributed by atoms with Gasteiger partial charge >= 0.3 is 35.8 Å². The molecule has 0 radical (unpaired) electrons. The SMILES string of the molecule is CNC(CSCC(=O)NCCNS(=O)[C@H](O)[C@@H](O)[C@@H](O)[C@H](O)C(=O)NCCNC(=O)CSCC(NC(=O)CCOCCCOCCC(C)=O)C(=O)O)C(=O)O.NC(CSCC(=O)NCCNC(=O)[C@@H](O)[C@H](O)[C@H](O)[C@@H](O)S(=O)NCCNC(=O)CSCC(N)C(=O)O)C(=O)O.O=C(CCOCCCOCCC(=O)ON1C(=O)CCC1=O)ON1C(=O)CCC1=O. The number of nitrogens with two attached hydrogens (primary N) is 2. The van der Waals surface area contributed by atoms with Crippen LogP contribution in [0.4, 0.5) is 0 Å². The van der Waals surface area contributed by atoms with Crippen LogP contribution in [-0.4, -0.2) is 416 Å². The number of rotatable bonds is 68. The Morgan fingerprint density at radius 1 is 0.395 bits per heavy atom. The molecule has 0 aromatic heterocycles. The zero-order chi connectivity index (χ0) is 93.8. The van der Waals surface area contributed by atoms with Crippen molar-refractivity contribution < 1.29 is 185 Å². The number of ketones is 1. The van der Waals surface area contributed by atoms with E-state index in [0.29, 0.717) is 49.2 Å². The number of imide groups is 2. The van der Waals surface area contributed by atoms with Gasteiger partial charge in [-0.2, -0.15) is 0 Å². The van der Waals surface area contributed by atoms with E-state index < -0.39 is 194 Å². The third-order valence-electron chi connectivity index (χ3n) is 15.3. The number of aliphatic hydroxyl groups excluding tert-OH is 8. The van der Waals surface area contributed by atoms with E-state index in [1.165, 1.54) is 14.0 Å². The number of carbonyl (C=O) groups excluding carboxylic acids is 14. The molecule has 2 aliphatic heterocycles. The second kappa shape index (κ2) is 68.3. The van der Waals surface area contributed by atoms with Gasteiger partial charge in [-0.05, 0) is 26.8 Å². The predicted molar refractivity (Wildman–Crippen MR) is 435 cm³/mol. The highest BCUT2D eigenvalue weighted by molar-refractivity contribution is 8.00. The molecular weight excluding hydrogens is 1790 g/mol. The molecule has 6 unspecified atom stereocenters. The van der Waals surface area contributed by atoms with Crippen LogP contribution in [0.15, 0.2) is 0 Å². The molecule has 0 saturated carbocycles. The third-order valence-corrected chi connectivity index (χ3v) is 21.9. The summed E-state index contributed by atoms with van der Waals surface area (Å²) in [4.78, 5) is 216. The van der Waals surface area contributed by atoms with E-state index in [9.17, 15) is 141 Å². The van der Waals surface area contributed by atoms with E-state index in [1.807, 2.05) is 0 Å². The monoisotopic (exact) mass is 1900 g/mol. The first-order valence-electron chi connectivity index (χ1n) is 37.6. The van der Waals surface area contributed by atoms with Gasteiger partial charge < -0.3 is 144 Å². The number of ether oxygens (including phenoxy) is 4. The number of nitrogens with one attached hydrogen (secondary N) is 10. The molecule has 710 valence electrons. The van der Waals surface area contributed by atoms with Crippen molar-refractivity contribution in [2.45, 2.75) is 143 Å². The topological polar surface area (TPSA) is 818 Å². The summed E-state index contributed by atoms with van der Waals surface area (Å²) in [5, 5.41) is 136. The van der Waals surface area contributed by atoms with Crippen molar-refractivity contribution in [2.24, 2.45) is 11.5 Å². The Bertz CT molecular complexity index is 3310. The number of amides is 11. The van der Waals surface area contributed by atoms with Crippen molar-refractivity contribution in [3.05, 3.63) is 0 Å². The van der Waals surface area contributed by atoms with Crippen molar-refractivity contribution in [3.63, 3.8) is 0 Å². The minimum Gasteiger partial charge on any atom is -0.480 e. The Labute approximate surface area is 731 Å². The highest BCUT2D eigenvalue weighted by atomic mass is 32.2. The number of nitrogens with zero attached hydrogens (tertiary/aromatic N) is 2.